The van der Waals surface area contributed by atoms with Crippen LogP contribution >= 0.6 is 11.8 Å². The van der Waals surface area contributed by atoms with E-state index in [1.807, 2.05) is 24.5 Å². The zero-order chi connectivity index (χ0) is 20.1. The first-order chi connectivity index (χ1) is 13.4. The highest BCUT2D eigenvalue weighted by Crippen LogP contribution is 2.28. The molecule has 0 spiro atoms. The van der Waals surface area contributed by atoms with E-state index in [2.05, 4.69) is 10.0 Å². The van der Waals surface area contributed by atoms with Crippen molar-refractivity contribution in [1.29, 1.82) is 0 Å². The minimum atomic E-state index is -3.74. The number of carbonyl (C=O) groups excluding carboxylic acids is 1. The van der Waals surface area contributed by atoms with E-state index in [0.717, 1.165) is 4.90 Å². The summed E-state index contributed by atoms with van der Waals surface area (Å²) in [5, 5.41) is 2.82. The number of anilines is 2. The molecule has 3 aromatic rings. The summed E-state index contributed by atoms with van der Waals surface area (Å²) in [6, 6.07) is 20.7. The predicted octanol–water partition coefficient (Wildman–Crippen LogP) is 4.77. The molecule has 5 nitrogen and oxygen atoms in total. The van der Waals surface area contributed by atoms with E-state index < -0.39 is 10.0 Å². The van der Waals surface area contributed by atoms with Gasteiger partial charge >= 0.3 is 0 Å². The molecule has 0 unspecified atom stereocenters. The van der Waals surface area contributed by atoms with Crippen molar-refractivity contribution < 1.29 is 13.2 Å². The zero-order valence-electron chi connectivity index (χ0n) is 15.5. The van der Waals surface area contributed by atoms with E-state index in [4.69, 9.17) is 0 Å². The number of nitrogens with one attached hydrogen (secondary N) is 2. The number of benzene rings is 3. The fraction of sp³-hybridized carbons (Fsp3) is 0.0952. The van der Waals surface area contributed by atoms with Crippen molar-refractivity contribution in [2.45, 2.75) is 16.7 Å². The molecule has 0 aliphatic heterocycles. The number of hydrogen-bond donors (Lipinski definition) is 2. The molecule has 3 rings (SSSR count). The van der Waals surface area contributed by atoms with Gasteiger partial charge in [-0.2, -0.15) is 0 Å². The van der Waals surface area contributed by atoms with E-state index in [1.165, 1.54) is 17.8 Å². The lowest BCUT2D eigenvalue weighted by atomic mass is 10.1. The molecule has 0 saturated heterocycles. The molecule has 0 heterocycles. The van der Waals surface area contributed by atoms with Crippen molar-refractivity contribution in [2.24, 2.45) is 0 Å². The topological polar surface area (TPSA) is 75.3 Å². The van der Waals surface area contributed by atoms with Gasteiger partial charge in [-0.05, 0) is 61.2 Å². The predicted molar refractivity (Wildman–Crippen MR) is 115 cm³/mol. The number of rotatable bonds is 6. The Morgan fingerprint density at radius 2 is 1.57 bits per heavy atom. The first-order valence-electron chi connectivity index (χ1n) is 8.53. The molecule has 0 aliphatic rings. The highest BCUT2D eigenvalue weighted by atomic mass is 32.2. The van der Waals surface area contributed by atoms with Gasteiger partial charge in [0.1, 0.15) is 0 Å². The van der Waals surface area contributed by atoms with Crippen LogP contribution in [0.1, 0.15) is 15.9 Å². The molecule has 0 aliphatic carbocycles. The van der Waals surface area contributed by atoms with Crippen molar-refractivity contribution in [2.75, 3.05) is 16.3 Å². The van der Waals surface area contributed by atoms with Crippen LogP contribution in [0.2, 0.25) is 0 Å². The number of para-hydroxylation sites is 1. The van der Waals surface area contributed by atoms with Gasteiger partial charge in [0.2, 0.25) is 0 Å². The minimum Gasteiger partial charge on any atom is -0.322 e. The average Bonchev–Trinajstić information content (AvgIpc) is 2.70. The van der Waals surface area contributed by atoms with E-state index in [0.29, 0.717) is 22.5 Å². The Bertz CT molecular complexity index is 1100. The first-order valence-corrected chi connectivity index (χ1v) is 11.2. The van der Waals surface area contributed by atoms with Gasteiger partial charge in [-0.25, -0.2) is 8.42 Å². The minimum absolute atomic E-state index is 0.138. The van der Waals surface area contributed by atoms with Crippen molar-refractivity contribution >= 4 is 39.1 Å². The average molecular weight is 413 g/mol. The molecule has 144 valence electrons. The summed E-state index contributed by atoms with van der Waals surface area (Å²) in [4.78, 5) is 13.3. The quantitative estimate of drug-likeness (QED) is 0.572. The number of amides is 1. The number of thioether (sulfide) groups is 1. The Hall–Kier alpha value is -2.77. The zero-order valence-corrected chi connectivity index (χ0v) is 17.1. The second-order valence-corrected chi connectivity index (χ2v) is 8.63. The molecule has 1 amide bonds. The summed E-state index contributed by atoms with van der Waals surface area (Å²) in [5.74, 6) is -0.244. The van der Waals surface area contributed by atoms with Gasteiger partial charge in [0.15, 0.2) is 0 Å². The summed E-state index contributed by atoms with van der Waals surface area (Å²) >= 11 is 1.47. The molecular weight excluding hydrogens is 392 g/mol. The lowest BCUT2D eigenvalue weighted by Crippen LogP contribution is -2.15. The standard InChI is InChI=1S/C21H20N2O3S2/c1-15-14-17(28(25,26)23-19-10-6-7-11-20(19)27-2)12-13-18(15)22-21(24)16-8-4-3-5-9-16/h3-14,23H,1-2H3,(H,22,24). The molecule has 0 saturated carbocycles. The van der Waals surface area contributed by atoms with Gasteiger partial charge in [-0.1, -0.05) is 30.3 Å². The van der Waals surface area contributed by atoms with Crippen LogP contribution in [0.25, 0.3) is 0 Å². The Morgan fingerprint density at radius 3 is 2.25 bits per heavy atom. The maximum atomic E-state index is 12.8. The molecule has 0 aromatic heterocycles. The number of sulfonamides is 1. The maximum absolute atomic E-state index is 12.8. The highest BCUT2D eigenvalue weighted by Gasteiger charge is 2.17. The van der Waals surface area contributed by atoms with Crippen LogP contribution in [-0.4, -0.2) is 20.6 Å². The number of aryl methyl sites for hydroxylation is 1. The lowest BCUT2D eigenvalue weighted by molar-refractivity contribution is 0.102. The van der Waals surface area contributed by atoms with E-state index >= 15 is 0 Å². The SMILES string of the molecule is CSc1ccccc1NS(=O)(=O)c1ccc(NC(=O)c2ccccc2)c(C)c1. The van der Waals surface area contributed by atoms with E-state index in [-0.39, 0.29) is 10.8 Å². The third kappa shape index (κ3) is 4.55. The Kier molecular flexibility index (Phi) is 6.06. The van der Waals surface area contributed by atoms with Crippen LogP contribution < -0.4 is 10.0 Å². The van der Waals surface area contributed by atoms with Gasteiger partial charge < -0.3 is 5.32 Å². The third-order valence-electron chi connectivity index (χ3n) is 4.14. The fourth-order valence-corrected chi connectivity index (χ4v) is 4.44. The fourth-order valence-electron chi connectivity index (χ4n) is 2.66. The molecule has 0 atom stereocenters. The second-order valence-electron chi connectivity index (χ2n) is 6.10. The highest BCUT2D eigenvalue weighted by molar-refractivity contribution is 7.99. The molecule has 0 radical (unpaired) electrons. The lowest BCUT2D eigenvalue weighted by Gasteiger charge is -2.13. The molecule has 0 bridgehead atoms. The van der Waals surface area contributed by atoms with Crippen LogP contribution in [0.15, 0.2) is 82.6 Å². The monoisotopic (exact) mass is 412 g/mol. The summed E-state index contributed by atoms with van der Waals surface area (Å²) in [6.45, 7) is 1.76. The number of hydrogen-bond acceptors (Lipinski definition) is 4. The smallest absolute Gasteiger partial charge is 0.261 e. The summed E-state index contributed by atoms with van der Waals surface area (Å²) in [7, 11) is -3.74. The summed E-state index contributed by atoms with van der Waals surface area (Å²) < 4.78 is 28.2. The van der Waals surface area contributed by atoms with Gasteiger partial charge in [0, 0.05) is 16.1 Å². The normalized spacial score (nSPS) is 11.1. The molecular formula is C21H20N2O3S2. The van der Waals surface area contributed by atoms with Gasteiger partial charge in [0.05, 0.1) is 10.6 Å². The first kappa shape index (κ1) is 20.0. The summed E-state index contributed by atoms with van der Waals surface area (Å²) in [5.41, 5.74) is 2.30. The third-order valence-corrected chi connectivity index (χ3v) is 6.30. The van der Waals surface area contributed by atoms with Crippen molar-refractivity contribution in [3.05, 3.63) is 83.9 Å². The van der Waals surface area contributed by atoms with Crippen molar-refractivity contribution in [3.8, 4) is 0 Å². The molecule has 7 heteroatoms. The van der Waals surface area contributed by atoms with Crippen LogP contribution in [0.5, 0.6) is 0 Å². The molecule has 3 aromatic carbocycles. The second kappa shape index (κ2) is 8.50. The number of carbonyl (C=O) groups is 1. The van der Waals surface area contributed by atoms with Crippen LogP contribution in [-0.2, 0) is 10.0 Å². The van der Waals surface area contributed by atoms with Crippen LogP contribution in [0, 0.1) is 6.92 Å². The molecule has 0 fully saturated rings. The Morgan fingerprint density at radius 1 is 0.893 bits per heavy atom. The molecule has 28 heavy (non-hydrogen) atoms. The van der Waals surface area contributed by atoms with E-state index in [1.54, 1.807) is 55.5 Å². The van der Waals surface area contributed by atoms with Crippen molar-refractivity contribution in [3.63, 3.8) is 0 Å². The largest absolute Gasteiger partial charge is 0.322 e. The van der Waals surface area contributed by atoms with E-state index in [9.17, 15) is 13.2 Å². The maximum Gasteiger partial charge on any atom is 0.261 e. The Balaban J connectivity index is 1.82. The van der Waals surface area contributed by atoms with Crippen LogP contribution in [0.4, 0.5) is 11.4 Å². The van der Waals surface area contributed by atoms with Crippen molar-refractivity contribution in [1.82, 2.24) is 0 Å². The van der Waals surface area contributed by atoms with Gasteiger partial charge in [0.25, 0.3) is 15.9 Å². The van der Waals surface area contributed by atoms with Gasteiger partial charge in [-0.3, -0.25) is 9.52 Å². The summed E-state index contributed by atoms with van der Waals surface area (Å²) in [6.07, 6.45) is 1.89. The van der Waals surface area contributed by atoms with Crippen LogP contribution in [0.3, 0.4) is 0 Å². The van der Waals surface area contributed by atoms with Gasteiger partial charge in [-0.15, -0.1) is 11.8 Å². The molecule has 2 N–H and O–H groups in total. The Labute approximate surface area is 169 Å².